The quantitative estimate of drug-likeness (QED) is 0.606. The predicted molar refractivity (Wildman–Crippen MR) is 94.0 cm³/mol. The van der Waals surface area contributed by atoms with E-state index in [0.29, 0.717) is 23.5 Å². The van der Waals surface area contributed by atoms with Crippen molar-refractivity contribution in [1.82, 2.24) is 0 Å². The van der Waals surface area contributed by atoms with Gasteiger partial charge in [0.25, 0.3) is 0 Å². The fourth-order valence-electron chi connectivity index (χ4n) is 3.09. The van der Waals surface area contributed by atoms with Gasteiger partial charge in [0.05, 0.1) is 0 Å². The number of hydrogen-bond acceptors (Lipinski definition) is 1. The van der Waals surface area contributed by atoms with Gasteiger partial charge in [-0.05, 0) is 29.4 Å². The summed E-state index contributed by atoms with van der Waals surface area (Å²) in [4.78, 5) is 12.4. The maximum absolute atomic E-state index is 14.4. The van der Waals surface area contributed by atoms with Gasteiger partial charge in [0.2, 0.25) is 0 Å². The summed E-state index contributed by atoms with van der Waals surface area (Å²) >= 11 is 0. The van der Waals surface area contributed by atoms with E-state index >= 15 is 0 Å². The van der Waals surface area contributed by atoms with E-state index in [-0.39, 0.29) is 17.0 Å². The van der Waals surface area contributed by atoms with Gasteiger partial charge in [-0.3, -0.25) is 4.79 Å². The normalized spacial score (nSPS) is 12.9. The zero-order valence-corrected chi connectivity index (χ0v) is 14.4. The van der Waals surface area contributed by atoms with Gasteiger partial charge in [-0.15, -0.1) is 0 Å². The Hall–Kier alpha value is -1.96. The zero-order valence-electron chi connectivity index (χ0n) is 14.4. The highest BCUT2D eigenvalue weighted by Crippen LogP contribution is 2.28. The molecule has 2 aromatic rings. The molecule has 0 saturated carbocycles. The summed E-state index contributed by atoms with van der Waals surface area (Å²) in [5, 5.41) is 0. The Morgan fingerprint density at radius 2 is 1.74 bits per heavy atom. The van der Waals surface area contributed by atoms with Crippen LogP contribution in [0.25, 0.3) is 11.1 Å². The standard InChI is InChI=1S/C21H25FO/c1-15(14-21(2,3)4)12-20(23)17-10-11-18(19(22)13-17)16-8-6-5-7-9-16/h5-11,13,15H,12,14H2,1-4H3. The Bertz CT molecular complexity index is 668. The first-order chi connectivity index (χ1) is 10.8. The third kappa shape index (κ3) is 5.02. The fourth-order valence-corrected chi connectivity index (χ4v) is 3.09. The van der Waals surface area contributed by atoms with Gasteiger partial charge in [-0.25, -0.2) is 4.39 Å². The number of rotatable bonds is 5. The minimum Gasteiger partial charge on any atom is -0.294 e. The molecule has 2 rings (SSSR count). The van der Waals surface area contributed by atoms with Gasteiger partial charge in [-0.2, -0.15) is 0 Å². The molecule has 23 heavy (non-hydrogen) atoms. The van der Waals surface area contributed by atoms with Crippen molar-refractivity contribution in [1.29, 1.82) is 0 Å². The second kappa shape index (κ2) is 7.08. The summed E-state index contributed by atoms with van der Waals surface area (Å²) in [6.45, 7) is 8.59. The van der Waals surface area contributed by atoms with Crippen molar-refractivity contribution >= 4 is 5.78 Å². The lowest BCUT2D eigenvalue weighted by Gasteiger charge is -2.22. The Kier molecular flexibility index (Phi) is 5.35. The average molecular weight is 312 g/mol. The largest absolute Gasteiger partial charge is 0.294 e. The predicted octanol–water partition coefficient (Wildman–Crippen LogP) is 6.14. The zero-order chi connectivity index (χ0) is 17.0. The van der Waals surface area contributed by atoms with Crippen molar-refractivity contribution < 1.29 is 9.18 Å². The van der Waals surface area contributed by atoms with Crippen LogP contribution in [0.15, 0.2) is 48.5 Å². The second-order valence-electron chi connectivity index (χ2n) is 7.56. The summed E-state index contributed by atoms with van der Waals surface area (Å²) in [7, 11) is 0. The second-order valence-corrected chi connectivity index (χ2v) is 7.56. The van der Waals surface area contributed by atoms with Crippen molar-refractivity contribution in [2.24, 2.45) is 11.3 Å². The number of carbonyl (C=O) groups excluding carboxylic acids is 1. The van der Waals surface area contributed by atoms with E-state index in [1.54, 1.807) is 12.1 Å². The van der Waals surface area contributed by atoms with E-state index < -0.39 is 0 Å². The Balaban J connectivity index is 2.12. The van der Waals surface area contributed by atoms with Crippen LogP contribution in [0, 0.1) is 17.2 Å². The van der Waals surface area contributed by atoms with E-state index in [1.165, 1.54) is 6.07 Å². The fraction of sp³-hybridized carbons (Fsp3) is 0.381. The highest BCUT2D eigenvalue weighted by molar-refractivity contribution is 5.96. The first-order valence-corrected chi connectivity index (χ1v) is 8.14. The molecule has 2 aromatic carbocycles. The molecule has 1 unspecified atom stereocenters. The van der Waals surface area contributed by atoms with Crippen molar-refractivity contribution in [3.05, 3.63) is 59.9 Å². The minimum atomic E-state index is -0.342. The lowest BCUT2D eigenvalue weighted by molar-refractivity contribution is 0.0954. The monoisotopic (exact) mass is 312 g/mol. The van der Waals surface area contributed by atoms with Crippen molar-refractivity contribution in [2.75, 3.05) is 0 Å². The van der Waals surface area contributed by atoms with Crippen LogP contribution in [0.4, 0.5) is 4.39 Å². The molecule has 2 heteroatoms. The lowest BCUT2D eigenvalue weighted by atomic mass is 9.83. The summed E-state index contributed by atoms with van der Waals surface area (Å²) in [5.74, 6) is -0.0369. The molecular formula is C21H25FO. The molecule has 0 aliphatic heterocycles. The summed E-state index contributed by atoms with van der Waals surface area (Å²) in [6, 6.07) is 14.2. The maximum Gasteiger partial charge on any atom is 0.163 e. The molecule has 0 N–H and O–H groups in total. The van der Waals surface area contributed by atoms with Gasteiger partial charge in [0, 0.05) is 17.5 Å². The van der Waals surface area contributed by atoms with E-state index in [1.807, 2.05) is 30.3 Å². The number of ketones is 1. The molecule has 0 heterocycles. The van der Waals surface area contributed by atoms with Crippen molar-refractivity contribution in [3.63, 3.8) is 0 Å². The number of Topliss-reactive ketones (excluding diaryl/α,β-unsaturated/α-hetero) is 1. The smallest absolute Gasteiger partial charge is 0.163 e. The van der Waals surface area contributed by atoms with Crippen LogP contribution >= 0.6 is 0 Å². The van der Waals surface area contributed by atoms with Crippen LogP contribution in [-0.2, 0) is 0 Å². The molecule has 0 bridgehead atoms. The number of carbonyl (C=O) groups is 1. The van der Waals surface area contributed by atoms with Crippen LogP contribution < -0.4 is 0 Å². The molecule has 0 aliphatic carbocycles. The van der Waals surface area contributed by atoms with Crippen molar-refractivity contribution in [3.8, 4) is 11.1 Å². The average Bonchev–Trinajstić information content (AvgIpc) is 2.45. The lowest BCUT2D eigenvalue weighted by Crippen LogP contribution is -2.14. The van der Waals surface area contributed by atoms with Crippen LogP contribution in [0.5, 0.6) is 0 Å². The summed E-state index contributed by atoms with van der Waals surface area (Å²) in [5.41, 5.74) is 2.01. The van der Waals surface area contributed by atoms with Gasteiger partial charge in [0.1, 0.15) is 5.82 Å². The SMILES string of the molecule is CC(CC(=O)c1ccc(-c2ccccc2)c(F)c1)CC(C)(C)C. The first kappa shape index (κ1) is 17.4. The summed E-state index contributed by atoms with van der Waals surface area (Å²) in [6.07, 6.45) is 1.44. The molecule has 0 saturated heterocycles. The van der Waals surface area contributed by atoms with E-state index in [0.717, 1.165) is 12.0 Å². The Morgan fingerprint density at radius 3 is 2.30 bits per heavy atom. The molecule has 0 fully saturated rings. The molecule has 0 spiro atoms. The van der Waals surface area contributed by atoms with Gasteiger partial charge < -0.3 is 0 Å². The summed E-state index contributed by atoms with van der Waals surface area (Å²) < 4.78 is 14.4. The molecule has 1 atom stereocenters. The minimum absolute atomic E-state index is 0.0141. The van der Waals surface area contributed by atoms with Crippen LogP contribution in [0.3, 0.4) is 0 Å². The van der Waals surface area contributed by atoms with Gasteiger partial charge in [0.15, 0.2) is 5.78 Å². The van der Waals surface area contributed by atoms with E-state index in [4.69, 9.17) is 0 Å². The van der Waals surface area contributed by atoms with Crippen molar-refractivity contribution in [2.45, 2.75) is 40.5 Å². The molecule has 0 aliphatic rings. The van der Waals surface area contributed by atoms with Gasteiger partial charge in [-0.1, -0.05) is 70.2 Å². The molecule has 0 amide bonds. The Labute approximate surface area is 138 Å². The van der Waals surface area contributed by atoms with E-state index in [2.05, 4.69) is 27.7 Å². The highest BCUT2D eigenvalue weighted by Gasteiger charge is 2.19. The maximum atomic E-state index is 14.4. The molecule has 1 nitrogen and oxygen atoms in total. The molecule has 0 aromatic heterocycles. The highest BCUT2D eigenvalue weighted by atomic mass is 19.1. The topological polar surface area (TPSA) is 17.1 Å². The third-order valence-electron chi connectivity index (χ3n) is 3.87. The molecule has 0 radical (unpaired) electrons. The van der Waals surface area contributed by atoms with Gasteiger partial charge >= 0.3 is 0 Å². The Morgan fingerprint density at radius 1 is 1.09 bits per heavy atom. The van der Waals surface area contributed by atoms with Crippen LogP contribution in [-0.4, -0.2) is 5.78 Å². The number of hydrogen-bond donors (Lipinski definition) is 0. The first-order valence-electron chi connectivity index (χ1n) is 8.14. The van der Waals surface area contributed by atoms with Crippen LogP contribution in [0.2, 0.25) is 0 Å². The van der Waals surface area contributed by atoms with E-state index in [9.17, 15) is 9.18 Å². The molecular weight excluding hydrogens is 287 g/mol. The third-order valence-corrected chi connectivity index (χ3v) is 3.87. The number of halogens is 1. The number of benzene rings is 2. The van der Waals surface area contributed by atoms with Crippen LogP contribution in [0.1, 0.15) is 50.9 Å². The molecule has 122 valence electrons.